The number of allylic oxidation sites excluding steroid dienone is 3. The molecule has 6 rings (SSSR count). The molecule has 160 valence electrons. The summed E-state index contributed by atoms with van der Waals surface area (Å²) in [6, 6.07) is 8.74. The van der Waals surface area contributed by atoms with Gasteiger partial charge in [0.05, 0.1) is 11.7 Å². The summed E-state index contributed by atoms with van der Waals surface area (Å²) in [7, 11) is 0. The lowest BCUT2D eigenvalue weighted by Crippen LogP contribution is -2.48. The molecule has 1 fully saturated rings. The molecule has 31 heavy (non-hydrogen) atoms. The van der Waals surface area contributed by atoms with Crippen LogP contribution in [0.4, 0.5) is 0 Å². The number of aliphatic hydroxyl groups is 2. The van der Waals surface area contributed by atoms with Crippen molar-refractivity contribution in [2.75, 3.05) is 0 Å². The molecule has 1 aromatic carbocycles. The Labute approximate surface area is 184 Å². The molecule has 2 N–H and O–H groups in total. The minimum absolute atomic E-state index is 0.0678. The zero-order valence-corrected chi connectivity index (χ0v) is 18.2. The van der Waals surface area contributed by atoms with E-state index < -0.39 is 5.60 Å². The second-order valence-electron chi connectivity index (χ2n) is 10.4. The third-order valence-corrected chi connectivity index (χ3v) is 8.77. The molecule has 1 saturated carbocycles. The normalized spacial score (nSPS) is 37.1. The van der Waals surface area contributed by atoms with Crippen molar-refractivity contribution in [1.82, 2.24) is 4.98 Å². The van der Waals surface area contributed by atoms with E-state index in [4.69, 9.17) is 0 Å². The van der Waals surface area contributed by atoms with Gasteiger partial charge in [0.25, 0.3) is 0 Å². The summed E-state index contributed by atoms with van der Waals surface area (Å²) in [5.41, 5.74) is 4.25. The molecule has 0 amide bonds. The molecule has 0 saturated heterocycles. The molecule has 3 heteroatoms. The van der Waals surface area contributed by atoms with Gasteiger partial charge in [-0.1, -0.05) is 42.9 Å². The smallest absolute Gasteiger partial charge is 0.0933 e. The van der Waals surface area contributed by atoms with Crippen molar-refractivity contribution in [2.24, 2.45) is 17.3 Å². The molecular formula is C28H31NO2. The highest BCUT2D eigenvalue weighted by Crippen LogP contribution is 2.61. The Morgan fingerprint density at radius 1 is 1.06 bits per heavy atom. The van der Waals surface area contributed by atoms with Gasteiger partial charge < -0.3 is 10.2 Å². The highest BCUT2D eigenvalue weighted by molar-refractivity contribution is 5.87. The molecule has 4 unspecified atom stereocenters. The first-order chi connectivity index (χ1) is 15.0. The van der Waals surface area contributed by atoms with E-state index in [1.165, 1.54) is 27.5 Å². The highest BCUT2D eigenvalue weighted by atomic mass is 16.3. The summed E-state index contributed by atoms with van der Waals surface area (Å²) in [6.45, 7) is 2.35. The second kappa shape index (κ2) is 6.88. The average Bonchev–Trinajstić information content (AvgIpc) is 3.06. The zero-order valence-electron chi connectivity index (χ0n) is 18.2. The van der Waals surface area contributed by atoms with Crippen molar-refractivity contribution in [1.29, 1.82) is 0 Å². The van der Waals surface area contributed by atoms with Crippen molar-refractivity contribution >= 4 is 16.3 Å². The van der Waals surface area contributed by atoms with Gasteiger partial charge in [-0.2, -0.15) is 0 Å². The number of pyridine rings is 1. The van der Waals surface area contributed by atoms with Crippen LogP contribution in [0.15, 0.2) is 66.0 Å². The van der Waals surface area contributed by atoms with Gasteiger partial charge in [0.1, 0.15) is 0 Å². The van der Waals surface area contributed by atoms with Crippen LogP contribution in [0.3, 0.4) is 0 Å². The number of aliphatic hydroxyl groups excluding tert-OH is 1. The molecule has 1 aromatic heterocycles. The Bertz CT molecular complexity index is 1140. The van der Waals surface area contributed by atoms with Crippen LogP contribution in [0.2, 0.25) is 0 Å². The minimum atomic E-state index is -0.779. The summed E-state index contributed by atoms with van der Waals surface area (Å²) in [5, 5.41) is 24.7. The Kier molecular flexibility index (Phi) is 4.32. The lowest BCUT2D eigenvalue weighted by molar-refractivity contribution is -0.0330. The lowest BCUT2D eigenvalue weighted by Gasteiger charge is -2.48. The fourth-order valence-electron chi connectivity index (χ4n) is 7.01. The van der Waals surface area contributed by atoms with Crippen LogP contribution in [0.25, 0.3) is 16.3 Å². The van der Waals surface area contributed by atoms with Crippen LogP contribution < -0.4 is 0 Å². The second-order valence-corrected chi connectivity index (χ2v) is 10.4. The molecule has 5 atom stereocenters. The van der Waals surface area contributed by atoms with Gasteiger partial charge >= 0.3 is 0 Å². The van der Waals surface area contributed by atoms with Gasteiger partial charge in [0.15, 0.2) is 0 Å². The van der Waals surface area contributed by atoms with E-state index >= 15 is 0 Å². The quantitative estimate of drug-likeness (QED) is 0.641. The predicted octanol–water partition coefficient (Wildman–Crippen LogP) is 5.59. The van der Waals surface area contributed by atoms with Crippen molar-refractivity contribution in [3.8, 4) is 0 Å². The van der Waals surface area contributed by atoms with Crippen molar-refractivity contribution in [3.63, 3.8) is 0 Å². The first-order valence-corrected chi connectivity index (χ1v) is 11.8. The largest absolute Gasteiger partial charge is 0.393 e. The Morgan fingerprint density at radius 2 is 1.97 bits per heavy atom. The van der Waals surface area contributed by atoms with E-state index in [1.807, 2.05) is 12.4 Å². The molecular weight excluding hydrogens is 382 g/mol. The summed E-state index contributed by atoms with van der Waals surface area (Å²) < 4.78 is 0. The van der Waals surface area contributed by atoms with E-state index in [2.05, 4.69) is 54.4 Å². The third-order valence-electron chi connectivity index (χ3n) is 8.77. The van der Waals surface area contributed by atoms with Crippen LogP contribution in [0.1, 0.15) is 57.4 Å². The lowest BCUT2D eigenvalue weighted by atomic mass is 9.58. The number of benzene rings is 1. The number of rotatable bonds is 1. The SMILES string of the molecule is CC12CC=C3C=C4CC(O)CCC4CC[C@]3(O)C1CC=C2c1ccc2ccncc2c1. The monoisotopic (exact) mass is 413 g/mol. The first kappa shape index (κ1) is 19.5. The summed E-state index contributed by atoms with van der Waals surface area (Å²) >= 11 is 0. The zero-order chi connectivity index (χ0) is 21.2. The Balaban J connectivity index is 1.38. The average molecular weight is 414 g/mol. The molecule has 3 nitrogen and oxygen atoms in total. The third kappa shape index (κ3) is 2.90. The molecule has 4 aliphatic carbocycles. The Hall–Kier alpha value is -2.23. The van der Waals surface area contributed by atoms with Crippen LogP contribution >= 0.6 is 0 Å². The van der Waals surface area contributed by atoms with E-state index in [-0.39, 0.29) is 17.4 Å². The fraction of sp³-hybridized carbons (Fsp3) is 0.464. The van der Waals surface area contributed by atoms with E-state index in [9.17, 15) is 10.2 Å². The molecule has 0 aliphatic heterocycles. The number of nitrogens with zero attached hydrogens (tertiary/aromatic N) is 1. The van der Waals surface area contributed by atoms with Crippen LogP contribution in [0.5, 0.6) is 0 Å². The van der Waals surface area contributed by atoms with Crippen molar-refractivity contribution < 1.29 is 10.2 Å². The first-order valence-electron chi connectivity index (χ1n) is 11.8. The van der Waals surface area contributed by atoms with E-state index in [0.29, 0.717) is 5.92 Å². The van der Waals surface area contributed by atoms with Gasteiger partial charge in [-0.05, 0) is 85.1 Å². The van der Waals surface area contributed by atoms with Gasteiger partial charge in [-0.3, -0.25) is 4.98 Å². The molecule has 2 aromatic rings. The van der Waals surface area contributed by atoms with Gasteiger partial charge in [-0.15, -0.1) is 0 Å². The summed E-state index contributed by atoms with van der Waals surface area (Å²) in [5.74, 6) is 0.716. The highest BCUT2D eigenvalue weighted by Gasteiger charge is 2.55. The number of fused-ring (bicyclic) bond motifs is 5. The maximum Gasteiger partial charge on any atom is 0.0933 e. The van der Waals surface area contributed by atoms with E-state index in [0.717, 1.165) is 50.5 Å². The topological polar surface area (TPSA) is 53.4 Å². The number of aromatic nitrogens is 1. The number of hydrogen-bond donors (Lipinski definition) is 2. The summed E-state index contributed by atoms with van der Waals surface area (Å²) in [6.07, 6.45) is 16.9. The molecule has 0 bridgehead atoms. The maximum atomic E-state index is 12.1. The molecule has 0 spiro atoms. The summed E-state index contributed by atoms with van der Waals surface area (Å²) in [4.78, 5) is 4.30. The fourth-order valence-corrected chi connectivity index (χ4v) is 7.01. The molecule has 0 radical (unpaired) electrons. The predicted molar refractivity (Wildman–Crippen MR) is 124 cm³/mol. The van der Waals surface area contributed by atoms with Gasteiger partial charge in [-0.25, -0.2) is 0 Å². The number of hydrogen-bond acceptors (Lipinski definition) is 3. The van der Waals surface area contributed by atoms with Gasteiger partial charge in [0, 0.05) is 29.1 Å². The minimum Gasteiger partial charge on any atom is -0.393 e. The van der Waals surface area contributed by atoms with Crippen LogP contribution in [0, 0.1) is 17.3 Å². The van der Waals surface area contributed by atoms with E-state index in [1.54, 1.807) is 0 Å². The van der Waals surface area contributed by atoms with Crippen molar-refractivity contribution in [2.45, 2.75) is 63.6 Å². The standard InChI is InChI=1S/C28H31NO2/c1-27-11-9-23-15-21-16-24(30)5-4-18(21)8-12-28(23,31)26(27)7-6-25(27)20-3-2-19-10-13-29-17-22(19)14-20/h2-3,6,9-10,13-15,17-18,24,26,30-31H,4-5,7-8,11-12,16H2,1H3/t18?,24?,26?,27?,28-/m1/s1. The van der Waals surface area contributed by atoms with Gasteiger partial charge in [0.2, 0.25) is 0 Å². The maximum absolute atomic E-state index is 12.1. The molecule has 4 aliphatic rings. The van der Waals surface area contributed by atoms with Crippen LogP contribution in [-0.2, 0) is 0 Å². The van der Waals surface area contributed by atoms with Crippen LogP contribution in [-0.4, -0.2) is 26.9 Å². The molecule has 1 heterocycles. The Morgan fingerprint density at radius 3 is 2.87 bits per heavy atom. The van der Waals surface area contributed by atoms with Crippen molar-refractivity contribution in [3.05, 3.63) is 71.6 Å².